The van der Waals surface area contributed by atoms with Gasteiger partial charge in [-0.15, -0.1) is 11.3 Å². The van der Waals surface area contributed by atoms with E-state index in [1.165, 1.54) is 74.5 Å². The van der Waals surface area contributed by atoms with Crippen molar-refractivity contribution in [2.24, 2.45) is 0 Å². The summed E-state index contributed by atoms with van der Waals surface area (Å²) in [7, 11) is 0. The highest BCUT2D eigenvalue weighted by Gasteiger charge is 2.50. The van der Waals surface area contributed by atoms with Crippen molar-refractivity contribution < 1.29 is 0 Å². The lowest BCUT2D eigenvalue weighted by atomic mass is 9.67. The molecule has 1 aliphatic carbocycles. The number of fused-ring (bicyclic) bond motifs is 12. The van der Waals surface area contributed by atoms with Crippen LogP contribution < -0.4 is 0 Å². The van der Waals surface area contributed by atoms with Crippen LogP contribution in [0.1, 0.15) is 22.3 Å². The highest BCUT2D eigenvalue weighted by atomic mass is 32.2. The maximum absolute atomic E-state index is 5.26. The predicted octanol–water partition coefficient (Wildman–Crippen LogP) is 13.3. The van der Waals surface area contributed by atoms with Crippen molar-refractivity contribution in [1.29, 1.82) is 0 Å². The first-order valence-corrected chi connectivity index (χ1v) is 19.0. The van der Waals surface area contributed by atoms with Gasteiger partial charge in [0.05, 0.1) is 16.8 Å². The Labute approximate surface area is 304 Å². The van der Waals surface area contributed by atoms with Gasteiger partial charge < -0.3 is 0 Å². The lowest BCUT2D eigenvalue weighted by molar-refractivity contribution is 0.724. The number of thiophene rings is 1. The Morgan fingerprint density at radius 2 is 0.961 bits per heavy atom. The van der Waals surface area contributed by atoms with E-state index in [4.69, 9.17) is 4.98 Å². The highest BCUT2D eigenvalue weighted by Crippen LogP contribution is 2.62. The van der Waals surface area contributed by atoms with Crippen LogP contribution in [0, 0.1) is 0 Å². The largest absolute Gasteiger partial charge is 0.248 e. The van der Waals surface area contributed by atoms with E-state index < -0.39 is 0 Å². The fourth-order valence-corrected chi connectivity index (χ4v) is 10.8. The Morgan fingerprint density at radius 1 is 0.373 bits per heavy atom. The highest BCUT2D eigenvalue weighted by molar-refractivity contribution is 7.99. The van der Waals surface area contributed by atoms with Crippen LogP contribution in [-0.4, -0.2) is 4.98 Å². The first-order chi connectivity index (χ1) is 25.3. The van der Waals surface area contributed by atoms with Crippen LogP contribution in [-0.2, 0) is 5.41 Å². The molecule has 51 heavy (non-hydrogen) atoms. The Bertz CT molecular complexity index is 2730. The molecular weight excluding hydrogens is 655 g/mol. The van der Waals surface area contributed by atoms with Gasteiger partial charge in [-0.25, -0.2) is 4.98 Å². The minimum Gasteiger partial charge on any atom is -0.248 e. The second-order valence-electron chi connectivity index (χ2n) is 13.5. The summed E-state index contributed by atoms with van der Waals surface area (Å²) < 4.78 is 2.61. The summed E-state index contributed by atoms with van der Waals surface area (Å²) in [5.74, 6) is 0. The van der Waals surface area contributed by atoms with Gasteiger partial charge in [-0.05, 0) is 87.0 Å². The van der Waals surface area contributed by atoms with Crippen LogP contribution in [0.5, 0.6) is 0 Å². The molecule has 0 amide bonds. The van der Waals surface area contributed by atoms with E-state index in [-0.39, 0.29) is 5.41 Å². The van der Waals surface area contributed by atoms with Crippen molar-refractivity contribution in [3.63, 3.8) is 0 Å². The SMILES string of the molecule is c1ccc(-c2cc(-c3ccccc3)nc(-c3ccc4sc5cc6c(cc5c4c3)Sc3ccccc3C63c4ccccc4-c4ccccc43)c2)cc1. The van der Waals surface area contributed by atoms with E-state index in [2.05, 4.69) is 176 Å². The fourth-order valence-electron chi connectivity index (χ4n) is 8.52. The summed E-state index contributed by atoms with van der Waals surface area (Å²) in [6.45, 7) is 0. The van der Waals surface area contributed by atoms with Gasteiger partial charge in [-0.3, -0.25) is 0 Å². The van der Waals surface area contributed by atoms with E-state index in [0.717, 1.165) is 22.5 Å². The first-order valence-electron chi connectivity index (χ1n) is 17.4. The van der Waals surface area contributed by atoms with E-state index in [0.29, 0.717) is 0 Å². The van der Waals surface area contributed by atoms with Gasteiger partial charge in [0.25, 0.3) is 0 Å². The van der Waals surface area contributed by atoms with E-state index >= 15 is 0 Å². The van der Waals surface area contributed by atoms with Gasteiger partial charge in [0, 0.05) is 41.1 Å². The first kappa shape index (κ1) is 29.0. The van der Waals surface area contributed by atoms with Crippen molar-refractivity contribution >= 4 is 43.3 Å². The Morgan fingerprint density at radius 3 is 1.69 bits per heavy atom. The van der Waals surface area contributed by atoms with Gasteiger partial charge >= 0.3 is 0 Å². The average Bonchev–Trinajstić information content (AvgIpc) is 3.71. The zero-order chi connectivity index (χ0) is 33.5. The summed E-state index contributed by atoms with van der Waals surface area (Å²) in [6.07, 6.45) is 0. The Hall–Kier alpha value is -5.74. The van der Waals surface area contributed by atoms with Crippen molar-refractivity contribution in [2.45, 2.75) is 15.2 Å². The third-order valence-corrected chi connectivity index (χ3v) is 13.0. The molecule has 2 aromatic heterocycles. The standard InChI is InChI=1S/C48H29NS2/c1-3-13-30(14-4-1)33-26-42(31-15-5-2-6-16-31)49-43(27-33)32-23-24-44-36(25-32)37-28-47-41(29-46(37)50-44)48(40-21-11-12-22-45(40)51-47)38-19-9-7-17-34(38)35-18-8-10-20-39(35)48/h1-29H. The lowest BCUT2D eigenvalue weighted by Crippen LogP contribution is -2.31. The van der Waals surface area contributed by atoms with Gasteiger partial charge in [0.1, 0.15) is 0 Å². The minimum absolute atomic E-state index is 0.366. The van der Waals surface area contributed by atoms with Crippen molar-refractivity contribution in [2.75, 3.05) is 0 Å². The van der Waals surface area contributed by atoms with Crippen molar-refractivity contribution in [1.82, 2.24) is 4.98 Å². The summed E-state index contributed by atoms with van der Waals surface area (Å²) >= 11 is 3.81. The number of pyridine rings is 1. The van der Waals surface area contributed by atoms with E-state index in [1.807, 2.05) is 23.1 Å². The van der Waals surface area contributed by atoms with Crippen LogP contribution in [0.15, 0.2) is 186 Å². The average molecular weight is 684 g/mol. The molecular formula is C48H29NS2. The second kappa shape index (κ2) is 11.1. The molecule has 0 N–H and O–H groups in total. The molecule has 0 radical (unpaired) electrons. The van der Waals surface area contributed by atoms with Gasteiger partial charge in [0.2, 0.25) is 0 Å². The Balaban J connectivity index is 1.13. The lowest BCUT2D eigenvalue weighted by Gasteiger charge is -2.39. The zero-order valence-electron chi connectivity index (χ0n) is 27.5. The number of benzene rings is 7. The third kappa shape index (κ3) is 4.26. The molecule has 0 unspecified atom stereocenters. The van der Waals surface area contributed by atoms with Gasteiger partial charge in [-0.2, -0.15) is 0 Å². The fraction of sp³-hybridized carbons (Fsp3) is 0.0208. The smallest absolute Gasteiger partial charge is 0.0735 e. The maximum atomic E-state index is 5.26. The second-order valence-corrected chi connectivity index (χ2v) is 15.6. The molecule has 7 aromatic carbocycles. The molecule has 11 rings (SSSR count). The monoisotopic (exact) mass is 683 g/mol. The van der Waals surface area contributed by atoms with Crippen LogP contribution in [0.25, 0.3) is 64.9 Å². The quantitative estimate of drug-likeness (QED) is 0.184. The summed E-state index contributed by atoms with van der Waals surface area (Å²) in [6, 6.07) is 64.6. The number of hydrogen-bond acceptors (Lipinski definition) is 3. The van der Waals surface area contributed by atoms with Gasteiger partial charge in [0.15, 0.2) is 0 Å². The number of nitrogens with zero attached hydrogens (tertiary/aromatic N) is 1. The summed E-state index contributed by atoms with van der Waals surface area (Å²) in [5.41, 5.74) is 14.4. The van der Waals surface area contributed by atoms with Crippen molar-refractivity contribution in [3.8, 4) is 44.8 Å². The van der Waals surface area contributed by atoms with E-state index in [1.54, 1.807) is 0 Å². The van der Waals surface area contributed by atoms with Gasteiger partial charge in [-0.1, -0.05) is 145 Å². The van der Waals surface area contributed by atoms with Crippen LogP contribution in [0.3, 0.4) is 0 Å². The number of hydrogen-bond donors (Lipinski definition) is 0. The molecule has 1 spiro atoms. The molecule has 0 bridgehead atoms. The maximum Gasteiger partial charge on any atom is 0.0735 e. The molecule has 1 aliphatic heterocycles. The van der Waals surface area contributed by atoms with E-state index in [9.17, 15) is 0 Å². The molecule has 0 saturated heterocycles. The summed E-state index contributed by atoms with van der Waals surface area (Å²) in [5, 5.41) is 2.59. The predicted molar refractivity (Wildman–Crippen MR) is 215 cm³/mol. The minimum atomic E-state index is -0.366. The third-order valence-electron chi connectivity index (χ3n) is 10.7. The normalized spacial score (nSPS) is 13.6. The molecule has 0 saturated carbocycles. The molecule has 2 aliphatic rings. The zero-order valence-corrected chi connectivity index (χ0v) is 29.1. The van der Waals surface area contributed by atoms with Crippen LogP contribution in [0.2, 0.25) is 0 Å². The van der Waals surface area contributed by atoms with Crippen LogP contribution >= 0.6 is 23.1 Å². The number of aromatic nitrogens is 1. The van der Waals surface area contributed by atoms with Crippen LogP contribution in [0.4, 0.5) is 0 Å². The molecule has 238 valence electrons. The Kier molecular flexibility index (Phi) is 6.34. The molecule has 0 atom stereocenters. The summed E-state index contributed by atoms with van der Waals surface area (Å²) in [4.78, 5) is 7.91. The van der Waals surface area contributed by atoms with Crippen molar-refractivity contribution in [3.05, 3.63) is 198 Å². The number of rotatable bonds is 3. The molecule has 9 aromatic rings. The molecule has 3 heterocycles. The molecule has 1 nitrogen and oxygen atoms in total. The molecule has 0 fully saturated rings. The molecule has 3 heteroatoms. The topological polar surface area (TPSA) is 12.9 Å².